The molecule has 2 aromatic carbocycles. The molecule has 180 valence electrons. The first-order chi connectivity index (χ1) is 16.0. The van der Waals surface area contributed by atoms with Crippen molar-refractivity contribution in [1.29, 1.82) is 0 Å². The largest absolute Gasteiger partial charge is 0.420 e. The first-order valence-electron chi connectivity index (χ1n) is 10.5. The highest BCUT2D eigenvalue weighted by Crippen LogP contribution is 2.48. The summed E-state index contributed by atoms with van der Waals surface area (Å²) in [4.78, 5) is 1.56. The van der Waals surface area contributed by atoms with Crippen LogP contribution in [-0.4, -0.2) is 42.9 Å². The van der Waals surface area contributed by atoms with E-state index in [1.54, 1.807) is 29.2 Å². The number of anilines is 1. The van der Waals surface area contributed by atoms with Gasteiger partial charge in [0.15, 0.2) is 9.84 Å². The molecule has 2 heterocycles. The van der Waals surface area contributed by atoms with Crippen LogP contribution in [0.3, 0.4) is 0 Å². The smallest absolute Gasteiger partial charge is 0.250 e. The Hall–Kier alpha value is -2.63. The zero-order valence-corrected chi connectivity index (χ0v) is 19.3. The molecule has 0 spiro atoms. The fourth-order valence-corrected chi connectivity index (χ4v) is 6.08. The summed E-state index contributed by atoms with van der Waals surface area (Å²) in [6, 6.07) is 8.59. The molecule has 0 bridgehead atoms. The van der Waals surface area contributed by atoms with Gasteiger partial charge in [0.1, 0.15) is 5.82 Å². The van der Waals surface area contributed by atoms with E-state index in [4.69, 9.17) is 21.8 Å². The van der Waals surface area contributed by atoms with Crippen LogP contribution in [0.25, 0.3) is 11.5 Å². The number of halogens is 4. The van der Waals surface area contributed by atoms with Crippen molar-refractivity contribution >= 4 is 27.1 Å². The standard InChI is InChI=1S/C22H20ClF3N4O3S/c23-14-3-1-12(2-4-14)9-30-10-15(27)11-34(31,32)19-6-17(24)16(5-18(19)30)21-29-28-20(33-21)13-7-22(25,26)8-13/h1-6,13,15H,7-11,27H2/t15-/m1/s1. The number of hydrogen-bond donors (Lipinski definition) is 1. The van der Waals surface area contributed by atoms with Crippen LogP contribution < -0.4 is 10.6 Å². The summed E-state index contributed by atoms with van der Waals surface area (Å²) in [6.45, 7) is 0.497. The van der Waals surface area contributed by atoms with Gasteiger partial charge in [-0.25, -0.2) is 21.6 Å². The van der Waals surface area contributed by atoms with Crippen molar-refractivity contribution in [3.05, 3.63) is 58.7 Å². The van der Waals surface area contributed by atoms with Crippen LogP contribution in [0, 0.1) is 5.82 Å². The second-order valence-electron chi connectivity index (χ2n) is 8.75. The lowest BCUT2D eigenvalue weighted by atomic mass is 9.81. The van der Waals surface area contributed by atoms with E-state index < -0.39 is 46.4 Å². The number of nitrogens with two attached hydrogens (primary N) is 1. The summed E-state index contributed by atoms with van der Waals surface area (Å²) >= 11 is 5.96. The van der Waals surface area contributed by atoms with Gasteiger partial charge in [-0.3, -0.25) is 0 Å². The third-order valence-electron chi connectivity index (χ3n) is 6.01. The normalized spacial score (nSPS) is 21.6. The number of sulfone groups is 1. The van der Waals surface area contributed by atoms with Gasteiger partial charge >= 0.3 is 0 Å². The van der Waals surface area contributed by atoms with Gasteiger partial charge in [0.2, 0.25) is 11.8 Å². The molecule has 1 aliphatic heterocycles. The molecule has 1 saturated carbocycles. The Morgan fingerprint density at radius 2 is 1.88 bits per heavy atom. The summed E-state index contributed by atoms with van der Waals surface area (Å²) in [5.74, 6) is -4.79. The zero-order chi connectivity index (χ0) is 24.3. The monoisotopic (exact) mass is 512 g/mol. The first kappa shape index (κ1) is 23.1. The zero-order valence-electron chi connectivity index (χ0n) is 17.7. The van der Waals surface area contributed by atoms with E-state index in [9.17, 15) is 17.2 Å². The summed E-state index contributed by atoms with van der Waals surface area (Å²) in [5.41, 5.74) is 7.06. The summed E-state index contributed by atoms with van der Waals surface area (Å²) in [6.07, 6.45) is -0.821. The lowest BCUT2D eigenvalue weighted by Crippen LogP contribution is -2.39. The van der Waals surface area contributed by atoms with E-state index in [2.05, 4.69) is 10.2 Å². The number of fused-ring (bicyclic) bond motifs is 1. The minimum Gasteiger partial charge on any atom is -0.420 e. The van der Waals surface area contributed by atoms with Crippen molar-refractivity contribution in [1.82, 2.24) is 10.2 Å². The Morgan fingerprint density at radius 3 is 2.56 bits per heavy atom. The number of alkyl halides is 2. The van der Waals surface area contributed by atoms with Gasteiger partial charge in [-0.15, -0.1) is 10.2 Å². The van der Waals surface area contributed by atoms with Gasteiger partial charge in [-0.1, -0.05) is 23.7 Å². The molecule has 0 saturated heterocycles. The quantitative estimate of drug-likeness (QED) is 0.560. The highest BCUT2D eigenvalue weighted by Gasteiger charge is 2.48. The van der Waals surface area contributed by atoms with Crippen LogP contribution in [0.1, 0.15) is 30.2 Å². The maximum Gasteiger partial charge on any atom is 0.250 e. The van der Waals surface area contributed by atoms with E-state index in [1.807, 2.05) is 0 Å². The predicted molar refractivity (Wildman–Crippen MR) is 119 cm³/mol. The second-order valence-corrected chi connectivity index (χ2v) is 11.2. The maximum atomic E-state index is 15.1. The fraction of sp³-hybridized carbons (Fsp3) is 0.364. The molecule has 0 radical (unpaired) electrons. The molecule has 5 rings (SSSR count). The molecule has 0 unspecified atom stereocenters. The molecule has 12 heteroatoms. The summed E-state index contributed by atoms with van der Waals surface area (Å²) < 4.78 is 72.9. The van der Waals surface area contributed by atoms with Crippen LogP contribution in [0.15, 0.2) is 45.7 Å². The Morgan fingerprint density at radius 1 is 1.18 bits per heavy atom. The number of rotatable bonds is 4. The molecule has 0 amide bonds. The van der Waals surface area contributed by atoms with E-state index in [0.29, 0.717) is 11.6 Å². The highest BCUT2D eigenvalue weighted by atomic mass is 35.5. The fourth-order valence-electron chi connectivity index (χ4n) is 4.31. The third-order valence-corrected chi connectivity index (χ3v) is 8.13. The van der Waals surface area contributed by atoms with Crippen LogP contribution in [0.4, 0.5) is 18.9 Å². The van der Waals surface area contributed by atoms with Gasteiger partial charge in [0.25, 0.3) is 5.89 Å². The molecule has 1 fully saturated rings. The maximum absolute atomic E-state index is 15.1. The summed E-state index contributed by atoms with van der Waals surface area (Å²) in [7, 11) is -3.87. The predicted octanol–water partition coefficient (Wildman–Crippen LogP) is 4.16. The molecule has 2 N–H and O–H groups in total. The second kappa shape index (κ2) is 8.24. The molecule has 34 heavy (non-hydrogen) atoms. The molecular weight excluding hydrogens is 493 g/mol. The topological polar surface area (TPSA) is 102 Å². The average molecular weight is 513 g/mol. The van der Waals surface area contributed by atoms with E-state index in [-0.39, 0.29) is 40.2 Å². The molecule has 1 aromatic heterocycles. The molecule has 1 atom stereocenters. The average Bonchev–Trinajstić information content (AvgIpc) is 3.19. The molecule has 1 aliphatic carbocycles. The number of hydrogen-bond acceptors (Lipinski definition) is 7. The van der Waals surface area contributed by atoms with Gasteiger partial charge in [0.05, 0.1) is 21.9 Å². The van der Waals surface area contributed by atoms with E-state index in [0.717, 1.165) is 11.6 Å². The van der Waals surface area contributed by atoms with Crippen molar-refractivity contribution in [3.8, 4) is 11.5 Å². The third kappa shape index (κ3) is 4.39. The van der Waals surface area contributed by atoms with E-state index in [1.165, 1.54) is 6.07 Å². The Kier molecular flexibility index (Phi) is 5.61. The van der Waals surface area contributed by atoms with Crippen LogP contribution >= 0.6 is 11.6 Å². The van der Waals surface area contributed by atoms with Crippen molar-refractivity contribution < 1.29 is 26.0 Å². The minimum atomic E-state index is -3.87. The SMILES string of the molecule is N[C@@H]1CN(Cc2ccc(Cl)cc2)c2cc(-c3nnc(C4CC(F)(F)C4)o3)c(F)cc2S(=O)(=O)C1. The number of nitrogens with zero attached hydrogens (tertiary/aromatic N) is 3. The van der Waals surface area contributed by atoms with Crippen molar-refractivity contribution in [2.75, 3.05) is 17.2 Å². The number of aromatic nitrogens is 2. The molecular formula is C22H20ClF3N4O3S. The van der Waals surface area contributed by atoms with Gasteiger partial charge in [-0.05, 0) is 29.8 Å². The highest BCUT2D eigenvalue weighted by molar-refractivity contribution is 7.91. The molecule has 7 nitrogen and oxygen atoms in total. The summed E-state index contributed by atoms with van der Waals surface area (Å²) in [5, 5.41) is 8.19. The lowest BCUT2D eigenvalue weighted by Gasteiger charge is -2.32. The van der Waals surface area contributed by atoms with Crippen LogP contribution in [0.5, 0.6) is 0 Å². The minimum absolute atomic E-state index is 0.00271. The van der Waals surface area contributed by atoms with Crippen LogP contribution in [0.2, 0.25) is 5.02 Å². The van der Waals surface area contributed by atoms with Crippen molar-refractivity contribution in [2.45, 2.75) is 42.2 Å². The molecule has 3 aromatic rings. The Bertz CT molecular complexity index is 1340. The van der Waals surface area contributed by atoms with Crippen LogP contribution in [-0.2, 0) is 16.4 Å². The Balaban J connectivity index is 1.55. The lowest BCUT2D eigenvalue weighted by molar-refractivity contribution is -0.0917. The van der Waals surface area contributed by atoms with Gasteiger partial charge in [0, 0.05) is 42.9 Å². The number of benzene rings is 2. The van der Waals surface area contributed by atoms with Gasteiger partial charge in [-0.2, -0.15) is 0 Å². The van der Waals surface area contributed by atoms with Gasteiger partial charge < -0.3 is 15.1 Å². The van der Waals surface area contributed by atoms with Crippen molar-refractivity contribution in [3.63, 3.8) is 0 Å². The molecule has 2 aliphatic rings. The van der Waals surface area contributed by atoms with Crippen molar-refractivity contribution in [2.24, 2.45) is 5.73 Å². The van der Waals surface area contributed by atoms with E-state index >= 15 is 4.39 Å². The first-order valence-corrected chi connectivity index (χ1v) is 12.6. The Labute approximate surface area is 198 Å².